The number of fused-ring (bicyclic) bond motifs is 1. The van der Waals surface area contributed by atoms with Gasteiger partial charge in [-0.3, -0.25) is 0 Å². The molecule has 4 rings (SSSR count). The van der Waals surface area contributed by atoms with Crippen LogP contribution < -0.4 is 19.5 Å². The lowest BCUT2D eigenvalue weighted by atomic mass is 9.87. The summed E-state index contributed by atoms with van der Waals surface area (Å²) in [5, 5.41) is 3.63. The standard InChI is InChI=1S/C22H26FNO3/c23-19-3-1-2-4-20(19)25-12-10-17-9-11-24-18(13-17)7-5-16-6-8-21-22(14-16)27-15-26-21/h1-4,6,8,14,17-18,24H,5,7,9-13,15H2. The highest BCUT2D eigenvalue weighted by atomic mass is 19.1. The van der Waals surface area contributed by atoms with Crippen LogP contribution in [-0.4, -0.2) is 26.0 Å². The molecular weight excluding hydrogens is 345 g/mol. The normalized spacial score (nSPS) is 21.2. The van der Waals surface area contributed by atoms with Gasteiger partial charge in [-0.25, -0.2) is 4.39 Å². The van der Waals surface area contributed by atoms with Crippen molar-refractivity contribution >= 4 is 0 Å². The van der Waals surface area contributed by atoms with E-state index >= 15 is 0 Å². The lowest BCUT2D eigenvalue weighted by Crippen LogP contribution is -2.38. The van der Waals surface area contributed by atoms with Crippen molar-refractivity contribution in [3.8, 4) is 17.2 Å². The number of aryl methyl sites for hydroxylation is 1. The topological polar surface area (TPSA) is 39.7 Å². The van der Waals surface area contributed by atoms with Gasteiger partial charge in [0, 0.05) is 6.04 Å². The first-order chi connectivity index (χ1) is 13.3. The number of para-hydroxylation sites is 1. The second-order valence-corrected chi connectivity index (χ2v) is 7.34. The molecule has 5 heteroatoms. The van der Waals surface area contributed by atoms with Crippen molar-refractivity contribution < 1.29 is 18.6 Å². The monoisotopic (exact) mass is 371 g/mol. The van der Waals surface area contributed by atoms with E-state index in [0.717, 1.165) is 50.1 Å². The molecule has 0 saturated carbocycles. The Morgan fingerprint density at radius 3 is 2.89 bits per heavy atom. The number of piperidine rings is 1. The van der Waals surface area contributed by atoms with Gasteiger partial charge in [-0.2, -0.15) is 0 Å². The molecule has 2 aromatic carbocycles. The zero-order chi connectivity index (χ0) is 18.5. The predicted molar refractivity (Wildman–Crippen MR) is 102 cm³/mol. The summed E-state index contributed by atoms with van der Waals surface area (Å²) < 4.78 is 30.1. The van der Waals surface area contributed by atoms with Crippen molar-refractivity contribution in [2.45, 2.75) is 38.1 Å². The van der Waals surface area contributed by atoms with Gasteiger partial charge in [0.25, 0.3) is 0 Å². The van der Waals surface area contributed by atoms with Crippen molar-refractivity contribution in [1.29, 1.82) is 0 Å². The van der Waals surface area contributed by atoms with Crippen LogP contribution >= 0.6 is 0 Å². The van der Waals surface area contributed by atoms with E-state index < -0.39 is 0 Å². The summed E-state index contributed by atoms with van der Waals surface area (Å²) in [6.45, 7) is 1.93. The molecule has 0 radical (unpaired) electrons. The second-order valence-electron chi connectivity index (χ2n) is 7.34. The van der Waals surface area contributed by atoms with E-state index in [0.29, 0.717) is 31.1 Å². The van der Waals surface area contributed by atoms with Crippen LogP contribution in [0.3, 0.4) is 0 Å². The number of benzene rings is 2. The summed E-state index contributed by atoms with van der Waals surface area (Å²) in [6.07, 6.45) is 5.39. The van der Waals surface area contributed by atoms with Gasteiger partial charge in [0.1, 0.15) is 0 Å². The van der Waals surface area contributed by atoms with E-state index in [2.05, 4.69) is 17.4 Å². The summed E-state index contributed by atoms with van der Waals surface area (Å²) in [5.41, 5.74) is 1.28. The Bertz CT molecular complexity index is 767. The molecule has 0 spiro atoms. The first-order valence-electron chi connectivity index (χ1n) is 9.77. The summed E-state index contributed by atoms with van der Waals surface area (Å²) >= 11 is 0. The summed E-state index contributed by atoms with van der Waals surface area (Å²) in [5.74, 6) is 2.38. The number of nitrogens with one attached hydrogen (secondary N) is 1. The van der Waals surface area contributed by atoms with Gasteiger partial charge in [-0.05, 0) is 74.4 Å². The van der Waals surface area contributed by atoms with Gasteiger partial charge in [0.15, 0.2) is 23.1 Å². The van der Waals surface area contributed by atoms with Crippen molar-refractivity contribution in [1.82, 2.24) is 5.32 Å². The zero-order valence-electron chi connectivity index (χ0n) is 15.5. The quantitative estimate of drug-likeness (QED) is 0.787. The molecule has 4 nitrogen and oxygen atoms in total. The highest BCUT2D eigenvalue weighted by Crippen LogP contribution is 2.33. The molecular formula is C22H26FNO3. The smallest absolute Gasteiger partial charge is 0.231 e. The number of rotatable bonds is 7. The lowest BCUT2D eigenvalue weighted by Gasteiger charge is -2.30. The largest absolute Gasteiger partial charge is 0.491 e. The maximum absolute atomic E-state index is 13.6. The molecule has 1 N–H and O–H groups in total. The highest BCUT2D eigenvalue weighted by Gasteiger charge is 2.22. The number of ether oxygens (including phenoxy) is 3. The molecule has 27 heavy (non-hydrogen) atoms. The molecule has 2 atom stereocenters. The molecule has 2 heterocycles. The molecule has 144 valence electrons. The fraction of sp³-hybridized carbons (Fsp3) is 0.455. The fourth-order valence-corrected chi connectivity index (χ4v) is 3.91. The van der Waals surface area contributed by atoms with Crippen LogP contribution in [0.2, 0.25) is 0 Å². The van der Waals surface area contributed by atoms with E-state index in [1.165, 1.54) is 11.6 Å². The number of halogens is 1. The first kappa shape index (κ1) is 18.1. The van der Waals surface area contributed by atoms with Crippen molar-refractivity contribution in [3.05, 3.63) is 53.8 Å². The lowest BCUT2D eigenvalue weighted by molar-refractivity contribution is 0.174. The van der Waals surface area contributed by atoms with Crippen LogP contribution in [0, 0.1) is 11.7 Å². The van der Waals surface area contributed by atoms with Crippen molar-refractivity contribution in [3.63, 3.8) is 0 Å². The van der Waals surface area contributed by atoms with Crippen LogP contribution in [0.5, 0.6) is 17.2 Å². The third kappa shape index (κ3) is 4.72. The molecule has 2 aliphatic heterocycles. The highest BCUT2D eigenvalue weighted by molar-refractivity contribution is 5.44. The van der Waals surface area contributed by atoms with E-state index in [1.54, 1.807) is 18.2 Å². The third-order valence-electron chi connectivity index (χ3n) is 5.44. The molecule has 1 saturated heterocycles. The van der Waals surface area contributed by atoms with Gasteiger partial charge in [-0.15, -0.1) is 0 Å². The van der Waals surface area contributed by atoms with E-state index in [4.69, 9.17) is 14.2 Å². The Labute approximate surface area is 159 Å². The zero-order valence-corrected chi connectivity index (χ0v) is 15.5. The average molecular weight is 371 g/mol. The number of hydrogen-bond donors (Lipinski definition) is 1. The minimum atomic E-state index is -0.288. The summed E-state index contributed by atoms with van der Waals surface area (Å²) in [7, 11) is 0. The molecule has 2 aliphatic rings. The predicted octanol–water partition coefficient (Wildman–Crippen LogP) is 4.32. The SMILES string of the molecule is Fc1ccccc1OCCC1CCNC(CCc2ccc3c(c2)OCO3)C1. The second kappa shape index (κ2) is 8.61. The molecule has 0 bridgehead atoms. The Balaban J connectivity index is 1.22. The average Bonchev–Trinajstić information content (AvgIpc) is 3.16. The fourth-order valence-electron chi connectivity index (χ4n) is 3.91. The minimum Gasteiger partial charge on any atom is -0.491 e. The van der Waals surface area contributed by atoms with Gasteiger partial charge < -0.3 is 19.5 Å². The minimum absolute atomic E-state index is 0.288. The van der Waals surface area contributed by atoms with Gasteiger partial charge in [-0.1, -0.05) is 18.2 Å². The van der Waals surface area contributed by atoms with Crippen LogP contribution in [0.1, 0.15) is 31.2 Å². The molecule has 0 aromatic heterocycles. The Kier molecular flexibility index (Phi) is 5.78. The van der Waals surface area contributed by atoms with Crippen LogP contribution in [0.4, 0.5) is 4.39 Å². The molecule has 0 aliphatic carbocycles. The first-order valence-corrected chi connectivity index (χ1v) is 9.77. The maximum atomic E-state index is 13.6. The van der Waals surface area contributed by atoms with E-state index in [9.17, 15) is 4.39 Å². The van der Waals surface area contributed by atoms with Crippen molar-refractivity contribution in [2.75, 3.05) is 19.9 Å². The summed E-state index contributed by atoms with van der Waals surface area (Å²) in [6, 6.07) is 13.3. The van der Waals surface area contributed by atoms with E-state index in [-0.39, 0.29) is 5.82 Å². The van der Waals surface area contributed by atoms with E-state index in [1.807, 2.05) is 6.07 Å². The van der Waals surface area contributed by atoms with Crippen LogP contribution in [-0.2, 0) is 6.42 Å². The Morgan fingerprint density at radius 2 is 1.96 bits per heavy atom. The Morgan fingerprint density at radius 1 is 1.07 bits per heavy atom. The van der Waals surface area contributed by atoms with Gasteiger partial charge in [0.2, 0.25) is 6.79 Å². The van der Waals surface area contributed by atoms with Crippen LogP contribution in [0.25, 0.3) is 0 Å². The molecule has 1 fully saturated rings. The molecule has 2 unspecified atom stereocenters. The van der Waals surface area contributed by atoms with Crippen LogP contribution in [0.15, 0.2) is 42.5 Å². The van der Waals surface area contributed by atoms with Gasteiger partial charge in [0.05, 0.1) is 6.61 Å². The van der Waals surface area contributed by atoms with Crippen molar-refractivity contribution in [2.24, 2.45) is 5.92 Å². The van der Waals surface area contributed by atoms with Gasteiger partial charge >= 0.3 is 0 Å². The third-order valence-corrected chi connectivity index (χ3v) is 5.44. The number of hydrogen-bond acceptors (Lipinski definition) is 4. The summed E-state index contributed by atoms with van der Waals surface area (Å²) in [4.78, 5) is 0. The molecule has 2 aromatic rings. The maximum Gasteiger partial charge on any atom is 0.231 e. The molecule has 0 amide bonds. The Hall–Kier alpha value is -2.27.